The molecule has 0 amide bonds. The van der Waals surface area contributed by atoms with Crippen molar-refractivity contribution >= 4 is 32.3 Å². The molecule has 0 heterocycles. The summed E-state index contributed by atoms with van der Waals surface area (Å²) in [5.74, 6) is -9.37. The average Bonchev–Trinajstić information content (AvgIpc) is 2.96. The van der Waals surface area contributed by atoms with Crippen molar-refractivity contribution in [2.75, 3.05) is 0 Å². The summed E-state index contributed by atoms with van der Waals surface area (Å²) in [6.45, 7) is 0. The lowest BCUT2D eigenvalue weighted by molar-refractivity contribution is 0.348. The van der Waals surface area contributed by atoms with Crippen LogP contribution in [-0.4, -0.2) is 46.0 Å². The molecule has 39 heavy (non-hydrogen) atoms. The molecule has 0 unspecified atom stereocenters. The van der Waals surface area contributed by atoms with Crippen molar-refractivity contribution in [3.63, 3.8) is 0 Å². The summed E-state index contributed by atoms with van der Waals surface area (Å²) in [6.07, 6.45) is 0. The maximum atomic E-state index is 11.0. The van der Waals surface area contributed by atoms with Gasteiger partial charge in [-0.2, -0.15) is 0 Å². The van der Waals surface area contributed by atoms with E-state index in [1.54, 1.807) is 24.3 Å². The van der Waals surface area contributed by atoms with Crippen LogP contribution >= 0.6 is 0 Å². The molecule has 9 nitrogen and oxygen atoms in total. The van der Waals surface area contributed by atoms with E-state index in [2.05, 4.69) is 0 Å². The molecule has 0 aliphatic heterocycles. The van der Waals surface area contributed by atoms with E-state index in [9.17, 15) is 46.0 Å². The maximum Gasteiger partial charge on any atom is 0.205 e. The SMILES string of the molecule is Oc1c(O)c(O)c2c(-c3ccc(-c4cccc5ccccc45)cc3)c3c(O)c(O)c(O)c(O)c3c(O)c2c1O. The van der Waals surface area contributed by atoms with Crippen LogP contribution in [0.5, 0.6) is 51.7 Å². The molecule has 0 radical (unpaired) electrons. The number of phenolic OH excluding ortho intramolecular Hbond substituents is 9. The number of fused-ring (bicyclic) bond motifs is 3. The third-order valence-corrected chi connectivity index (χ3v) is 7.04. The Labute approximate surface area is 219 Å². The first-order valence-corrected chi connectivity index (χ1v) is 11.7. The molecule has 194 valence electrons. The molecule has 6 aromatic carbocycles. The molecule has 9 heteroatoms. The van der Waals surface area contributed by atoms with Crippen LogP contribution < -0.4 is 0 Å². The molecule has 6 rings (SSSR count). The Hall–Kier alpha value is -5.70. The second-order valence-electron chi connectivity index (χ2n) is 9.12. The van der Waals surface area contributed by atoms with Gasteiger partial charge in [0, 0.05) is 16.3 Å². The van der Waals surface area contributed by atoms with Crippen molar-refractivity contribution in [2.45, 2.75) is 0 Å². The number of rotatable bonds is 2. The highest BCUT2D eigenvalue weighted by atomic mass is 16.4. The Morgan fingerprint density at radius 3 is 1.31 bits per heavy atom. The zero-order valence-electron chi connectivity index (χ0n) is 19.9. The minimum atomic E-state index is -1.14. The average molecular weight is 524 g/mol. The van der Waals surface area contributed by atoms with Crippen molar-refractivity contribution < 1.29 is 46.0 Å². The second-order valence-corrected chi connectivity index (χ2v) is 9.12. The van der Waals surface area contributed by atoms with Gasteiger partial charge < -0.3 is 46.0 Å². The van der Waals surface area contributed by atoms with E-state index in [0.717, 1.165) is 21.9 Å². The van der Waals surface area contributed by atoms with Crippen LogP contribution in [0.1, 0.15) is 0 Å². The molecule has 0 saturated heterocycles. The Bertz CT molecular complexity index is 1910. The largest absolute Gasteiger partial charge is 0.506 e. The third-order valence-electron chi connectivity index (χ3n) is 7.04. The molecule has 0 atom stereocenters. The predicted molar refractivity (Wildman–Crippen MR) is 145 cm³/mol. The minimum Gasteiger partial charge on any atom is -0.506 e. The summed E-state index contributed by atoms with van der Waals surface area (Å²) in [7, 11) is 0. The van der Waals surface area contributed by atoms with Crippen molar-refractivity contribution in [1.29, 1.82) is 0 Å². The molecule has 0 aromatic heterocycles. The van der Waals surface area contributed by atoms with Gasteiger partial charge in [0.1, 0.15) is 5.75 Å². The minimum absolute atomic E-state index is 0.131. The highest BCUT2D eigenvalue weighted by Gasteiger charge is 2.31. The standard InChI is InChI=1S/C30H20O9/c31-22-20-18(23(32)27(36)29(38)25(20)34)17(19-21(22)26(35)30(39)28(37)24(19)33)14-10-8-13(9-11-14)16-7-3-5-12-4-1-2-6-15(12)16/h1-11,31-39H. The van der Waals surface area contributed by atoms with Gasteiger partial charge in [0.15, 0.2) is 23.0 Å². The number of aromatic hydroxyl groups is 9. The molecule has 0 aliphatic carbocycles. The molecular formula is C30H20O9. The fraction of sp³-hybridized carbons (Fsp3) is 0. The lowest BCUT2D eigenvalue weighted by atomic mass is 9.87. The van der Waals surface area contributed by atoms with Crippen LogP contribution in [-0.2, 0) is 0 Å². The highest BCUT2D eigenvalue weighted by molar-refractivity contribution is 6.25. The van der Waals surface area contributed by atoms with E-state index >= 15 is 0 Å². The van der Waals surface area contributed by atoms with Gasteiger partial charge in [-0.3, -0.25) is 0 Å². The smallest absolute Gasteiger partial charge is 0.205 e. The van der Waals surface area contributed by atoms with Gasteiger partial charge in [0.2, 0.25) is 23.0 Å². The molecular weight excluding hydrogens is 504 g/mol. The Kier molecular flexibility index (Phi) is 4.95. The van der Waals surface area contributed by atoms with Crippen LogP contribution in [0.15, 0.2) is 66.7 Å². The van der Waals surface area contributed by atoms with E-state index in [0.29, 0.717) is 0 Å². The zero-order valence-corrected chi connectivity index (χ0v) is 19.9. The molecule has 6 aromatic rings. The lowest BCUT2D eigenvalue weighted by Crippen LogP contribution is -1.92. The number of hydrogen-bond acceptors (Lipinski definition) is 9. The molecule has 0 bridgehead atoms. The van der Waals surface area contributed by atoms with Crippen molar-refractivity contribution in [3.05, 3.63) is 66.7 Å². The Balaban J connectivity index is 1.75. The topological polar surface area (TPSA) is 182 Å². The molecule has 0 aliphatic rings. The molecule has 0 saturated carbocycles. The van der Waals surface area contributed by atoms with E-state index < -0.39 is 73.3 Å². The summed E-state index contributed by atoms with van der Waals surface area (Å²) in [4.78, 5) is 0. The van der Waals surface area contributed by atoms with Gasteiger partial charge in [0.25, 0.3) is 0 Å². The number of hydrogen-bond donors (Lipinski definition) is 9. The van der Waals surface area contributed by atoms with Crippen LogP contribution in [0.2, 0.25) is 0 Å². The monoisotopic (exact) mass is 524 g/mol. The van der Waals surface area contributed by atoms with Crippen LogP contribution in [0.3, 0.4) is 0 Å². The first-order valence-electron chi connectivity index (χ1n) is 11.7. The highest BCUT2D eigenvalue weighted by Crippen LogP contribution is 2.61. The van der Waals surface area contributed by atoms with Crippen molar-refractivity contribution in [3.8, 4) is 74.0 Å². The first-order chi connectivity index (χ1) is 18.6. The maximum absolute atomic E-state index is 11.0. The lowest BCUT2D eigenvalue weighted by Gasteiger charge is -2.20. The Morgan fingerprint density at radius 1 is 0.333 bits per heavy atom. The summed E-state index contributed by atoms with van der Waals surface area (Å²) >= 11 is 0. The second kappa shape index (κ2) is 8.15. The summed E-state index contributed by atoms with van der Waals surface area (Å²) < 4.78 is 0. The van der Waals surface area contributed by atoms with Crippen LogP contribution in [0.4, 0.5) is 0 Å². The Morgan fingerprint density at radius 2 is 0.769 bits per heavy atom. The molecule has 0 spiro atoms. The van der Waals surface area contributed by atoms with Crippen LogP contribution in [0, 0.1) is 0 Å². The van der Waals surface area contributed by atoms with Crippen molar-refractivity contribution in [1.82, 2.24) is 0 Å². The number of benzene rings is 6. The van der Waals surface area contributed by atoms with Gasteiger partial charge >= 0.3 is 0 Å². The normalized spacial score (nSPS) is 11.5. The van der Waals surface area contributed by atoms with E-state index in [1.165, 1.54) is 0 Å². The van der Waals surface area contributed by atoms with Crippen LogP contribution in [0.25, 0.3) is 54.6 Å². The fourth-order valence-electron chi connectivity index (χ4n) is 5.18. The molecule has 9 N–H and O–H groups in total. The summed E-state index contributed by atoms with van der Waals surface area (Å²) in [5.41, 5.74) is 1.86. The van der Waals surface area contributed by atoms with Crippen molar-refractivity contribution in [2.24, 2.45) is 0 Å². The van der Waals surface area contributed by atoms with Gasteiger partial charge in [-0.15, -0.1) is 0 Å². The summed E-state index contributed by atoms with van der Waals surface area (Å²) in [5, 5.41) is 94.8. The predicted octanol–water partition coefficient (Wildman–Crippen LogP) is 5.83. The van der Waals surface area contributed by atoms with Gasteiger partial charge in [-0.1, -0.05) is 66.7 Å². The van der Waals surface area contributed by atoms with E-state index in [4.69, 9.17) is 0 Å². The van der Waals surface area contributed by atoms with E-state index in [-0.39, 0.29) is 11.1 Å². The fourth-order valence-corrected chi connectivity index (χ4v) is 5.18. The first kappa shape index (κ1) is 23.7. The van der Waals surface area contributed by atoms with Gasteiger partial charge in [-0.25, -0.2) is 0 Å². The van der Waals surface area contributed by atoms with E-state index in [1.807, 2.05) is 42.5 Å². The molecule has 0 fully saturated rings. The van der Waals surface area contributed by atoms with Gasteiger partial charge in [-0.05, 0) is 27.5 Å². The quantitative estimate of drug-likeness (QED) is 0.0764. The third kappa shape index (κ3) is 3.13. The zero-order chi connectivity index (χ0) is 27.7. The van der Waals surface area contributed by atoms with Gasteiger partial charge in [0.05, 0.1) is 10.8 Å². The summed E-state index contributed by atoms with van der Waals surface area (Å²) in [6, 6.07) is 20.3. The number of phenols is 9.